The molecule has 0 unspecified atom stereocenters. The van der Waals surface area contributed by atoms with E-state index in [1.54, 1.807) is 6.92 Å². The quantitative estimate of drug-likeness (QED) is 0.744. The lowest BCUT2D eigenvalue weighted by molar-refractivity contribution is -0.129. The third kappa shape index (κ3) is 4.26. The zero-order chi connectivity index (χ0) is 18.8. The molecule has 1 atom stereocenters. The molecule has 0 saturated heterocycles. The van der Waals surface area contributed by atoms with E-state index >= 15 is 0 Å². The molecule has 2 N–H and O–H groups in total. The second kappa shape index (κ2) is 7.78. The first-order valence-corrected chi connectivity index (χ1v) is 10.1. The van der Waals surface area contributed by atoms with Crippen LogP contribution in [0.4, 0.5) is 5.00 Å². The van der Waals surface area contributed by atoms with Gasteiger partial charge in [0.1, 0.15) is 5.00 Å². The summed E-state index contributed by atoms with van der Waals surface area (Å²) in [6.45, 7) is 5.32. The van der Waals surface area contributed by atoms with Gasteiger partial charge in [-0.15, -0.1) is 11.3 Å². The number of amides is 2. The minimum Gasteiger partial charge on any atom is -0.449 e. The summed E-state index contributed by atoms with van der Waals surface area (Å²) in [4.78, 5) is 38.0. The van der Waals surface area contributed by atoms with Gasteiger partial charge in [-0.1, -0.05) is 12.8 Å². The number of aryl methyl sites for hydroxylation is 1. The topological polar surface area (TPSA) is 84.5 Å². The maximum atomic E-state index is 12.7. The highest BCUT2D eigenvalue weighted by Crippen LogP contribution is 2.36. The summed E-state index contributed by atoms with van der Waals surface area (Å²) in [6, 6.07) is 0.183. The van der Waals surface area contributed by atoms with Gasteiger partial charge in [-0.25, -0.2) is 4.79 Å². The van der Waals surface area contributed by atoms with Gasteiger partial charge in [0, 0.05) is 16.8 Å². The average Bonchev–Trinajstić information content (AvgIpc) is 3.25. The molecule has 0 bridgehead atoms. The number of esters is 1. The fraction of sp³-hybridized carbons (Fsp3) is 0.632. The Morgan fingerprint density at radius 1 is 1.12 bits per heavy atom. The lowest BCUT2D eigenvalue weighted by atomic mass is 10.1. The molecule has 26 heavy (non-hydrogen) atoms. The lowest BCUT2D eigenvalue weighted by Gasteiger charge is -2.17. The number of carbonyl (C=O) groups is 3. The zero-order valence-corrected chi connectivity index (χ0v) is 16.3. The van der Waals surface area contributed by atoms with Crippen molar-refractivity contribution in [1.29, 1.82) is 0 Å². The van der Waals surface area contributed by atoms with Gasteiger partial charge in [0.2, 0.25) is 5.91 Å². The highest BCUT2D eigenvalue weighted by Gasteiger charge is 2.32. The Morgan fingerprint density at radius 2 is 1.77 bits per heavy atom. The highest BCUT2D eigenvalue weighted by molar-refractivity contribution is 7.16. The molecule has 1 heterocycles. The first-order chi connectivity index (χ1) is 12.4. The molecule has 3 rings (SSSR count). The number of carbonyl (C=O) groups excluding carboxylic acids is 3. The number of ether oxygens (including phenoxy) is 1. The monoisotopic (exact) mass is 378 g/mol. The largest absolute Gasteiger partial charge is 0.449 e. The molecule has 2 aliphatic carbocycles. The van der Waals surface area contributed by atoms with E-state index in [9.17, 15) is 14.4 Å². The van der Waals surface area contributed by atoms with E-state index < -0.39 is 12.1 Å². The second-order valence-corrected chi connectivity index (χ2v) is 8.51. The molecule has 142 valence electrons. The van der Waals surface area contributed by atoms with E-state index in [-0.39, 0.29) is 23.8 Å². The molecule has 0 radical (unpaired) electrons. The number of nitrogens with one attached hydrogen (secondary N) is 2. The molecule has 0 spiro atoms. The van der Waals surface area contributed by atoms with Crippen molar-refractivity contribution < 1.29 is 19.1 Å². The van der Waals surface area contributed by atoms with Crippen LogP contribution >= 0.6 is 11.3 Å². The van der Waals surface area contributed by atoms with Crippen LogP contribution in [0.5, 0.6) is 0 Å². The molecular weight excluding hydrogens is 352 g/mol. The number of thiophene rings is 1. The van der Waals surface area contributed by atoms with Gasteiger partial charge >= 0.3 is 5.97 Å². The van der Waals surface area contributed by atoms with Crippen LogP contribution in [0.3, 0.4) is 0 Å². The molecule has 0 aromatic carbocycles. The van der Waals surface area contributed by atoms with Gasteiger partial charge < -0.3 is 15.4 Å². The van der Waals surface area contributed by atoms with Crippen LogP contribution in [0.25, 0.3) is 0 Å². The van der Waals surface area contributed by atoms with Crippen LogP contribution in [-0.4, -0.2) is 29.9 Å². The van der Waals surface area contributed by atoms with Crippen molar-refractivity contribution in [2.45, 2.75) is 71.4 Å². The van der Waals surface area contributed by atoms with Crippen LogP contribution in [0, 0.1) is 19.8 Å². The summed E-state index contributed by atoms with van der Waals surface area (Å²) in [5.41, 5.74) is 1.15. The van der Waals surface area contributed by atoms with E-state index in [1.165, 1.54) is 11.3 Å². The summed E-state index contributed by atoms with van der Waals surface area (Å²) >= 11 is 1.37. The molecule has 2 amide bonds. The van der Waals surface area contributed by atoms with Gasteiger partial charge in [0.15, 0.2) is 6.10 Å². The Hall–Kier alpha value is -1.89. The Labute approximate surface area is 157 Å². The molecule has 6 nitrogen and oxygen atoms in total. The van der Waals surface area contributed by atoms with Crippen molar-refractivity contribution in [2.24, 2.45) is 5.92 Å². The molecule has 2 fully saturated rings. The van der Waals surface area contributed by atoms with Crippen molar-refractivity contribution in [3.8, 4) is 0 Å². The predicted molar refractivity (Wildman–Crippen MR) is 100 cm³/mol. The molecule has 2 aliphatic rings. The number of rotatable bonds is 6. The maximum Gasteiger partial charge on any atom is 0.342 e. The van der Waals surface area contributed by atoms with E-state index in [4.69, 9.17) is 4.74 Å². The highest BCUT2D eigenvalue weighted by atomic mass is 32.1. The van der Waals surface area contributed by atoms with E-state index in [2.05, 4.69) is 10.6 Å². The van der Waals surface area contributed by atoms with Crippen molar-refractivity contribution in [3.05, 3.63) is 16.0 Å². The summed E-state index contributed by atoms with van der Waals surface area (Å²) in [5, 5.41) is 6.32. The standard InChI is InChI=1S/C19H26N2O4S/c1-10-12(3)26-18(21-17(23)13-8-9-13)15(10)19(24)25-11(2)16(22)20-14-6-4-5-7-14/h11,13-14H,4-9H2,1-3H3,(H,20,22)(H,21,23)/t11-/m0/s1. The fourth-order valence-corrected chi connectivity index (χ4v) is 4.23. The van der Waals surface area contributed by atoms with E-state index in [0.29, 0.717) is 10.6 Å². The van der Waals surface area contributed by atoms with Gasteiger partial charge in [-0.3, -0.25) is 9.59 Å². The molecular formula is C19H26N2O4S. The van der Waals surface area contributed by atoms with E-state index in [0.717, 1.165) is 49.0 Å². The zero-order valence-electron chi connectivity index (χ0n) is 15.5. The Bertz CT molecular complexity index is 717. The van der Waals surface area contributed by atoms with Gasteiger partial charge in [-0.05, 0) is 52.0 Å². The Morgan fingerprint density at radius 3 is 2.38 bits per heavy atom. The van der Waals surface area contributed by atoms with Crippen LogP contribution in [0.15, 0.2) is 0 Å². The molecule has 7 heteroatoms. The minimum atomic E-state index is -0.866. The summed E-state index contributed by atoms with van der Waals surface area (Å²) in [6.07, 6.45) is 5.13. The Balaban J connectivity index is 1.66. The van der Waals surface area contributed by atoms with Crippen LogP contribution in [0.2, 0.25) is 0 Å². The minimum absolute atomic E-state index is 0.0488. The van der Waals surface area contributed by atoms with Gasteiger partial charge in [0.25, 0.3) is 5.91 Å². The van der Waals surface area contributed by atoms with Crippen molar-refractivity contribution in [3.63, 3.8) is 0 Å². The SMILES string of the molecule is Cc1sc(NC(=O)C2CC2)c(C(=O)O[C@@H](C)C(=O)NC2CCCC2)c1C. The molecule has 2 saturated carbocycles. The first-order valence-electron chi connectivity index (χ1n) is 9.29. The number of anilines is 1. The number of hydrogen-bond donors (Lipinski definition) is 2. The van der Waals surface area contributed by atoms with Crippen LogP contribution < -0.4 is 10.6 Å². The summed E-state index contributed by atoms with van der Waals surface area (Å²) < 4.78 is 5.41. The molecule has 1 aromatic heterocycles. The fourth-order valence-electron chi connectivity index (χ4n) is 3.18. The predicted octanol–water partition coefficient (Wildman–Crippen LogP) is 3.32. The normalized spacial score (nSPS) is 18.4. The van der Waals surface area contributed by atoms with Crippen molar-refractivity contribution >= 4 is 34.1 Å². The maximum absolute atomic E-state index is 12.7. The molecule has 1 aromatic rings. The first kappa shape index (κ1) is 18.9. The van der Waals surface area contributed by atoms with Crippen LogP contribution in [-0.2, 0) is 14.3 Å². The van der Waals surface area contributed by atoms with Crippen LogP contribution in [0.1, 0.15) is 66.2 Å². The smallest absolute Gasteiger partial charge is 0.342 e. The lowest BCUT2D eigenvalue weighted by Crippen LogP contribution is -2.41. The molecule has 0 aliphatic heterocycles. The van der Waals surface area contributed by atoms with Gasteiger partial charge in [0.05, 0.1) is 5.56 Å². The summed E-state index contributed by atoms with van der Waals surface area (Å²) in [7, 11) is 0. The third-order valence-corrected chi connectivity index (χ3v) is 6.25. The second-order valence-electron chi connectivity index (χ2n) is 7.29. The number of hydrogen-bond acceptors (Lipinski definition) is 5. The average molecular weight is 378 g/mol. The van der Waals surface area contributed by atoms with Crippen molar-refractivity contribution in [2.75, 3.05) is 5.32 Å². The third-order valence-electron chi connectivity index (χ3n) is 5.13. The van der Waals surface area contributed by atoms with Crippen molar-refractivity contribution in [1.82, 2.24) is 5.32 Å². The van der Waals surface area contributed by atoms with Gasteiger partial charge in [-0.2, -0.15) is 0 Å². The van der Waals surface area contributed by atoms with E-state index in [1.807, 2.05) is 13.8 Å². The Kier molecular flexibility index (Phi) is 5.65. The summed E-state index contributed by atoms with van der Waals surface area (Å²) in [5.74, 6) is -0.824.